The topological polar surface area (TPSA) is 57.6 Å². The van der Waals surface area contributed by atoms with Crippen molar-refractivity contribution in [2.24, 2.45) is 0 Å². The molecule has 0 spiro atoms. The summed E-state index contributed by atoms with van der Waals surface area (Å²) >= 11 is 0. The van der Waals surface area contributed by atoms with E-state index < -0.39 is 0 Å². The van der Waals surface area contributed by atoms with E-state index in [1.165, 1.54) is 44.9 Å². The highest BCUT2D eigenvalue weighted by molar-refractivity contribution is 6.21. The van der Waals surface area contributed by atoms with Crippen LogP contribution in [0.1, 0.15) is 96.8 Å². The van der Waals surface area contributed by atoms with Crippen molar-refractivity contribution in [1.29, 1.82) is 0 Å². The minimum atomic E-state index is -0.255. The first kappa shape index (κ1) is 21.7. The molecule has 2 heterocycles. The lowest BCUT2D eigenvalue weighted by atomic mass is 10.0. The number of hydrogen-bond donors (Lipinski definition) is 1. The van der Waals surface area contributed by atoms with Gasteiger partial charge >= 0.3 is 0 Å². The van der Waals surface area contributed by atoms with Gasteiger partial charge in [-0.3, -0.25) is 9.59 Å². The fourth-order valence-electron chi connectivity index (χ4n) is 4.10. The Kier molecular flexibility index (Phi) is 9.65. The van der Waals surface area contributed by atoms with Gasteiger partial charge < -0.3 is 10.0 Å². The molecule has 152 valence electrons. The average molecular weight is 376 g/mol. The normalized spacial score (nSPS) is 19.5. The molecule has 0 radical (unpaired) electrons. The third-order valence-electron chi connectivity index (χ3n) is 5.74. The van der Waals surface area contributed by atoms with Crippen LogP contribution in [0, 0.1) is 0 Å². The third-order valence-corrected chi connectivity index (χ3v) is 5.74. The summed E-state index contributed by atoms with van der Waals surface area (Å²) in [5.41, 5.74) is 0.0641. The van der Waals surface area contributed by atoms with Crippen LogP contribution in [0.2, 0.25) is 0 Å². The van der Waals surface area contributed by atoms with Crippen molar-refractivity contribution in [3.63, 3.8) is 0 Å². The highest BCUT2D eigenvalue weighted by Gasteiger charge is 2.44. The summed E-state index contributed by atoms with van der Waals surface area (Å²) in [7, 11) is 0. The van der Waals surface area contributed by atoms with E-state index in [1.807, 2.05) is 0 Å². The second kappa shape index (κ2) is 12.0. The van der Waals surface area contributed by atoms with Crippen LogP contribution in [0.25, 0.3) is 0 Å². The molecule has 2 rings (SSSR count). The van der Waals surface area contributed by atoms with Gasteiger partial charge in [0.25, 0.3) is 5.91 Å². The number of unbranched alkanes of at least 4 members (excludes halogenated alkanes) is 9. The molecule has 0 aromatic heterocycles. The van der Waals surface area contributed by atoms with E-state index in [1.54, 1.807) is 4.90 Å². The number of aliphatic hydroxyl groups excluding tert-OH is 1. The molecule has 0 aromatic rings. The molecule has 2 aliphatic rings. The fourth-order valence-corrected chi connectivity index (χ4v) is 4.10. The molecule has 1 saturated heterocycles. The summed E-state index contributed by atoms with van der Waals surface area (Å²) < 4.78 is 0. The van der Waals surface area contributed by atoms with Gasteiger partial charge in [-0.25, -0.2) is 0 Å². The van der Waals surface area contributed by atoms with Crippen LogP contribution < -0.4 is 0 Å². The number of hydrogen-bond acceptors (Lipinski definition) is 3. The van der Waals surface area contributed by atoms with Crippen molar-refractivity contribution in [1.82, 2.24) is 4.90 Å². The van der Waals surface area contributed by atoms with Gasteiger partial charge in [0, 0.05) is 13.0 Å². The number of aliphatic hydroxyl groups is 1. The maximum atomic E-state index is 12.3. The van der Waals surface area contributed by atoms with Crippen LogP contribution >= 0.6 is 0 Å². The second-order valence-electron chi connectivity index (χ2n) is 7.97. The van der Waals surface area contributed by atoms with Gasteiger partial charge in [0.2, 0.25) is 0 Å². The summed E-state index contributed by atoms with van der Waals surface area (Å²) in [6.07, 6.45) is 19.8. The standard InChI is InChI=1S/C23H37NO3/c1-2-3-4-5-6-7-8-9-10-11-12-13-14-17-20(25)21-22(26)19-16-15-18-24(19)23(21)27/h10-11,19,26H,2-9,12-18H2,1H3/b11-10+/t19-/m0/s1. The van der Waals surface area contributed by atoms with Crippen molar-refractivity contribution in [2.45, 2.75) is 103 Å². The highest BCUT2D eigenvalue weighted by Crippen LogP contribution is 2.33. The molecular weight excluding hydrogens is 338 g/mol. The number of allylic oxidation sites excluding steroid dienone is 2. The van der Waals surface area contributed by atoms with Gasteiger partial charge in [0.1, 0.15) is 11.3 Å². The van der Waals surface area contributed by atoms with E-state index in [4.69, 9.17) is 0 Å². The van der Waals surface area contributed by atoms with Gasteiger partial charge in [-0.1, -0.05) is 57.6 Å². The lowest BCUT2D eigenvalue weighted by Crippen LogP contribution is -2.30. The van der Waals surface area contributed by atoms with Gasteiger partial charge in [0.05, 0.1) is 6.04 Å². The van der Waals surface area contributed by atoms with E-state index in [9.17, 15) is 14.7 Å². The first-order chi connectivity index (χ1) is 13.2. The molecule has 27 heavy (non-hydrogen) atoms. The maximum absolute atomic E-state index is 12.3. The van der Waals surface area contributed by atoms with E-state index >= 15 is 0 Å². The van der Waals surface area contributed by atoms with Crippen molar-refractivity contribution in [2.75, 3.05) is 6.54 Å². The van der Waals surface area contributed by atoms with Gasteiger partial charge in [-0.2, -0.15) is 0 Å². The van der Waals surface area contributed by atoms with E-state index in [2.05, 4.69) is 19.1 Å². The zero-order valence-corrected chi connectivity index (χ0v) is 17.0. The molecule has 2 aliphatic heterocycles. The number of nitrogens with zero attached hydrogens (tertiary/aromatic N) is 1. The Labute approximate surface area is 164 Å². The van der Waals surface area contributed by atoms with Crippen molar-refractivity contribution in [3.8, 4) is 0 Å². The number of fused-ring (bicyclic) bond motifs is 1. The van der Waals surface area contributed by atoms with Crippen molar-refractivity contribution >= 4 is 11.7 Å². The number of carbonyl (C=O) groups excluding carboxylic acids is 2. The van der Waals surface area contributed by atoms with Gasteiger partial charge in [-0.05, 0) is 44.9 Å². The Hall–Kier alpha value is -1.58. The Morgan fingerprint density at radius 3 is 2.33 bits per heavy atom. The predicted octanol–water partition coefficient (Wildman–Crippen LogP) is 5.63. The molecule has 4 nitrogen and oxygen atoms in total. The smallest absolute Gasteiger partial charge is 0.261 e. The molecule has 0 aromatic carbocycles. The first-order valence-electron chi connectivity index (χ1n) is 11.1. The number of Topliss-reactive ketones (excluding diaryl/α,β-unsaturated/α-hetero) is 1. The second-order valence-corrected chi connectivity index (χ2v) is 7.97. The molecule has 1 atom stereocenters. The summed E-state index contributed by atoms with van der Waals surface area (Å²) in [5, 5.41) is 10.2. The van der Waals surface area contributed by atoms with Gasteiger partial charge in [0.15, 0.2) is 5.78 Å². The first-order valence-corrected chi connectivity index (χ1v) is 11.1. The molecule has 0 aliphatic carbocycles. The fraction of sp³-hybridized carbons (Fsp3) is 0.739. The quantitative estimate of drug-likeness (QED) is 0.243. The summed E-state index contributed by atoms with van der Waals surface area (Å²) in [6, 6.07) is -0.231. The molecule has 1 N–H and O–H groups in total. The van der Waals surface area contributed by atoms with Crippen LogP contribution in [0.4, 0.5) is 0 Å². The maximum Gasteiger partial charge on any atom is 0.261 e. The summed E-state index contributed by atoms with van der Waals surface area (Å²) in [6.45, 7) is 2.91. The lowest BCUT2D eigenvalue weighted by molar-refractivity contribution is -0.128. The zero-order valence-electron chi connectivity index (χ0n) is 17.0. The molecule has 1 fully saturated rings. The molecule has 1 amide bonds. The van der Waals surface area contributed by atoms with Gasteiger partial charge in [-0.15, -0.1) is 0 Å². The van der Waals surface area contributed by atoms with E-state index in [-0.39, 0.29) is 29.1 Å². The Morgan fingerprint density at radius 1 is 1.04 bits per heavy atom. The Bertz CT molecular complexity index is 550. The van der Waals surface area contributed by atoms with Crippen molar-refractivity contribution < 1.29 is 14.7 Å². The molecular formula is C23H37NO3. The molecule has 0 saturated carbocycles. The average Bonchev–Trinajstić information content (AvgIpc) is 3.23. The lowest BCUT2D eigenvalue weighted by Gasteiger charge is -2.14. The SMILES string of the molecule is CCCCCCCCC/C=C/CCCCC(=O)C1=C(O)[C@@H]2CCCN2C1=O. The number of carbonyl (C=O) groups is 2. The van der Waals surface area contributed by atoms with Crippen LogP contribution in [0.3, 0.4) is 0 Å². The monoisotopic (exact) mass is 375 g/mol. The van der Waals surface area contributed by atoms with E-state index in [0.29, 0.717) is 13.0 Å². The summed E-state index contributed by atoms with van der Waals surface area (Å²) in [4.78, 5) is 26.2. The van der Waals surface area contributed by atoms with E-state index in [0.717, 1.165) is 38.5 Å². The highest BCUT2D eigenvalue weighted by atomic mass is 16.3. The van der Waals surface area contributed by atoms with Crippen molar-refractivity contribution in [3.05, 3.63) is 23.5 Å². The van der Waals surface area contributed by atoms with Crippen LogP contribution in [-0.2, 0) is 9.59 Å². The number of amides is 1. The number of rotatable bonds is 14. The van der Waals surface area contributed by atoms with Crippen LogP contribution in [0.5, 0.6) is 0 Å². The Balaban J connectivity index is 1.51. The third kappa shape index (κ3) is 6.51. The zero-order chi connectivity index (χ0) is 19.5. The predicted molar refractivity (Wildman–Crippen MR) is 110 cm³/mol. The minimum absolute atomic E-state index is 0.0251. The summed E-state index contributed by atoms with van der Waals surface area (Å²) in [5.74, 6) is -0.411. The largest absolute Gasteiger partial charge is 0.509 e. The van der Waals surface area contributed by atoms with Crippen LogP contribution in [-0.4, -0.2) is 34.3 Å². The number of ketones is 1. The molecule has 0 bridgehead atoms. The minimum Gasteiger partial charge on any atom is -0.509 e. The Morgan fingerprint density at radius 2 is 1.67 bits per heavy atom. The molecule has 4 heteroatoms. The van der Waals surface area contributed by atoms with Crippen LogP contribution in [0.15, 0.2) is 23.5 Å². The molecule has 0 unspecified atom stereocenters.